The van der Waals surface area contributed by atoms with E-state index in [0.29, 0.717) is 6.26 Å². The third-order valence-electron chi connectivity index (χ3n) is 3.90. The number of rotatable bonds is 2. The summed E-state index contributed by atoms with van der Waals surface area (Å²) >= 11 is 0.00313. The number of benzene rings is 4. The van der Waals surface area contributed by atoms with Crippen molar-refractivity contribution in [2.24, 2.45) is 0 Å². The Bertz CT molecular complexity index is 1040. The van der Waals surface area contributed by atoms with Crippen LogP contribution in [-0.2, 0) is 10.1 Å². The quantitative estimate of drug-likeness (QED) is 0.219. The lowest BCUT2D eigenvalue weighted by atomic mass is 10.1. The van der Waals surface area contributed by atoms with Gasteiger partial charge in [0.25, 0.3) is 0 Å². The maximum Gasteiger partial charge on any atom is 0.357 e. The van der Waals surface area contributed by atoms with Gasteiger partial charge in [0.05, 0.1) is 10.1 Å². The average molecular weight is 623 g/mol. The maximum atomic E-state index is 9.08. The summed E-state index contributed by atoms with van der Waals surface area (Å²) in [6.45, 7) is 16.3. The van der Waals surface area contributed by atoms with E-state index >= 15 is 0 Å². The predicted octanol–water partition coefficient (Wildman–Crippen LogP) is 5.51. The summed E-state index contributed by atoms with van der Waals surface area (Å²) < 4.78 is 30.2. The zero-order valence-corrected chi connectivity index (χ0v) is 26.2. The molecule has 0 radical (unpaired) electrons. The SMILES string of the molecule is CC.CC.CC.CS(=O)(=O)[O-].Cc1ccc([I+]c2ccc(C)cc2)cc1.c1ccc2ccccc2c1. The van der Waals surface area contributed by atoms with E-state index in [1.807, 2.05) is 41.5 Å². The van der Waals surface area contributed by atoms with Gasteiger partial charge in [-0.3, -0.25) is 0 Å². The van der Waals surface area contributed by atoms with Crippen LogP contribution in [0.25, 0.3) is 10.8 Å². The Labute approximate surface area is 231 Å². The minimum Gasteiger partial charge on any atom is -0.748 e. The van der Waals surface area contributed by atoms with Gasteiger partial charge in [0.1, 0.15) is 0 Å². The third kappa shape index (κ3) is 19.0. The summed E-state index contributed by atoms with van der Waals surface area (Å²) in [7, 11) is -3.92. The van der Waals surface area contributed by atoms with E-state index in [1.165, 1.54) is 29.0 Å². The van der Waals surface area contributed by atoms with Gasteiger partial charge in [-0.25, -0.2) is 8.42 Å². The number of hydrogen-bond donors (Lipinski definition) is 0. The van der Waals surface area contributed by atoms with Crippen LogP contribution in [0.2, 0.25) is 0 Å². The highest BCUT2D eigenvalue weighted by Gasteiger charge is 2.13. The second kappa shape index (κ2) is 22.0. The summed E-state index contributed by atoms with van der Waals surface area (Å²) in [5.74, 6) is 0. The fourth-order valence-electron chi connectivity index (χ4n) is 2.45. The van der Waals surface area contributed by atoms with Crippen molar-refractivity contribution in [3.8, 4) is 0 Å². The highest BCUT2D eigenvalue weighted by atomic mass is 127. The molecule has 0 aromatic heterocycles. The molecule has 5 heteroatoms. The average Bonchev–Trinajstić information content (AvgIpc) is 2.90. The first kappa shape index (κ1) is 35.9. The van der Waals surface area contributed by atoms with E-state index < -0.39 is 10.1 Å². The van der Waals surface area contributed by atoms with E-state index in [2.05, 4.69) is 111 Å². The second-order valence-corrected chi connectivity index (χ2v) is 11.2. The molecule has 0 aliphatic carbocycles. The first-order chi connectivity index (χ1) is 17.2. The molecule has 0 fully saturated rings. The summed E-state index contributed by atoms with van der Waals surface area (Å²) in [4.78, 5) is 0. The molecule has 0 amide bonds. The van der Waals surface area contributed by atoms with Crippen LogP contribution in [0.3, 0.4) is 0 Å². The van der Waals surface area contributed by atoms with Crippen molar-refractivity contribution in [3.05, 3.63) is 115 Å². The van der Waals surface area contributed by atoms with Crippen molar-refractivity contribution < 1.29 is 34.2 Å². The van der Waals surface area contributed by atoms with Crippen LogP contribution in [0, 0.1) is 21.0 Å². The predicted molar refractivity (Wildman–Crippen MR) is 153 cm³/mol. The minimum atomic E-state index is -3.92. The summed E-state index contributed by atoms with van der Waals surface area (Å²) in [6, 6.07) is 34.5. The molecule has 36 heavy (non-hydrogen) atoms. The maximum absolute atomic E-state index is 9.08. The smallest absolute Gasteiger partial charge is 0.357 e. The summed E-state index contributed by atoms with van der Waals surface area (Å²) in [6.07, 6.45) is 0.604. The molecule has 0 aliphatic rings. The topological polar surface area (TPSA) is 57.2 Å². The number of fused-ring (bicyclic) bond motifs is 1. The molecule has 0 aliphatic heterocycles. The molecule has 0 unspecified atom stereocenters. The summed E-state index contributed by atoms with van der Waals surface area (Å²) in [5.41, 5.74) is 2.68. The van der Waals surface area contributed by atoms with E-state index in [1.54, 1.807) is 0 Å². The Hall–Kier alpha value is -2.22. The molecule has 0 spiro atoms. The van der Waals surface area contributed by atoms with Gasteiger partial charge in [0, 0.05) is 6.26 Å². The largest absolute Gasteiger partial charge is 0.748 e. The van der Waals surface area contributed by atoms with Gasteiger partial charge in [0.15, 0.2) is 7.14 Å². The van der Waals surface area contributed by atoms with Crippen molar-refractivity contribution in [2.75, 3.05) is 6.26 Å². The number of hydrogen-bond acceptors (Lipinski definition) is 3. The van der Waals surface area contributed by atoms with Gasteiger partial charge in [0.2, 0.25) is 0 Å². The van der Waals surface area contributed by atoms with Crippen LogP contribution in [0.4, 0.5) is 0 Å². The first-order valence-corrected chi connectivity index (χ1v) is 16.3. The number of halogens is 1. The molecule has 0 bridgehead atoms. The molecule has 0 N–H and O–H groups in total. The van der Waals surface area contributed by atoms with E-state index in [4.69, 9.17) is 13.0 Å². The Morgan fingerprint density at radius 1 is 0.528 bits per heavy atom. The Balaban J connectivity index is 0. The zero-order chi connectivity index (χ0) is 28.0. The van der Waals surface area contributed by atoms with Crippen molar-refractivity contribution in [1.29, 1.82) is 0 Å². The van der Waals surface area contributed by atoms with Crippen LogP contribution in [-0.4, -0.2) is 19.2 Å². The molecule has 4 rings (SSSR count). The van der Waals surface area contributed by atoms with Gasteiger partial charge in [-0.2, -0.15) is 0 Å². The Morgan fingerprint density at radius 2 is 0.750 bits per heavy atom. The molecule has 4 aromatic carbocycles. The molecule has 0 saturated heterocycles. The fourth-order valence-corrected chi connectivity index (χ4v) is 4.61. The number of aryl methyl sites for hydroxylation is 2. The van der Waals surface area contributed by atoms with E-state index in [-0.39, 0.29) is 21.2 Å². The molecule has 198 valence electrons. The zero-order valence-electron chi connectivity index (χ0n) is 23.2. The molecule has 0 atom stereocenters. The standard InChI is InChI=1S/C14H14I.C10H8.3C2H6.CH4O3S/c1-11-3-7-13(8-4-11)15-14-9-5-12(2)6-10-14;1-2-6-10-8-4-3-7-9(10)5-1;3*1-2;1-5(2,3)4/h3-10H,1-2H3;1-8H;3*1-2H3;1H3,(H,2,3,4)/q+1;;;;;/p-1. The molecule has 0 heterocycles. The van der Waals surface area contributed by atoms with Gasteiger partial charge in [-0.1, -0.05) is 125 Å². The lowest BCUT2D eigenvalue weighted by Crippen LogP contribution is -3.61. The third-order valence-corrected chi connectivity index (χ3v) is 6.58. The minimum absolute atomic E-state index is 0.00313. The van der Waals surface area contributed by atoms with Crippen molar-refractivity contribution in [3.63, 3.8) is 0 Å². The van der Waals surface area contributed by atoms with Gasteiger partial charge in [-0.05, 0) is 48.9 Å². The fraction of sp³-hybridized carbons (Fsp3) is 0.290. The normalized spacial score (nSPS) is 9.17. The highest BCUT2D eigenvalue weighted by molar-refractivity contribution is 7.84. The van der Waals surface area contributed by atoms with Gasteiger partial charge in [-0.15, -0.1) is 0 Å². The van der Waals surface area contributed by atoms with Crippen LogP contribution in [0.15, 0.2) is 97.1 Å². The highest BCUT2D eigenvalue weighted by Crippen LogP contribution is 2.11. The molecule has 4 aromatic rings. The second-order valence-electron chi connectivity index (χ2n) is 6.74. The summed E-state index contributed by atoms with van der Waals surface area (Å²) in [5, 5.41) is 2.62. The lowest BCUT2D eigenvalue weighted by molar-refractivity contribution is -0.597. The van der Waals surface area contributed by atoms with Crippen LogP contribution in [0.1, 0.15) is 52.7 Å². The molecule has 0 saturated carbocycles. The van der Waals surface area contributed by atoms with Crippen molar-refractivity contribution in [2.45, 2.75) is 55.4 Å². The first-order valence-electron chi connectivity index (χ1n) is 12.3. The molecular formula is C31H43IO3S. The Morgan fingerprint density at radius 3 is 0.972 bits per heavy atom. The van der Waals surface area contributed by atoms with Crippen molar-refractivity contribution in [1.82, 2.24) is 0 Å². The van der Waals surface area contributed by atoms with Crippen LogP contribution < -0.4 is 21.2 Å². The molecule has 3 nitrogen and oxygen atoms in total. The molecular weight excluding hydrogens is 579 g/mol. The monoisotopic (exact) mass is 622 g/mol. The lowest BCUT2D eigenvalue weighted by Gasteiger charge is -1.92. The van der Waals surface area contributed by atoms with Crippen LogP contribution >= 0.6 is 0 Å². The van der Waals surface area contributed by atoms with E-state index in [9.17, 15) is 0 Å². The van der Waals surface area contributed by atoms with E-state index in [0.717, 1.165) is 0 Å². The van der Waals surface area contributed by atoms with Gasteiger partial charge < -0.3 is 4.55 Å². The van der Waals surface area contributed by atoms with Gasteiger partial charge >= 0.3 is 21.2 Å². The van der Waals surface area contributed by atoms with Crippen molar-refractivity contribution >= 4 is 20.9 Å². The van der Waals surface area contributed by atoms with Crippen LogP contribution in [0.5, 0.6) is 0 Å². The Kier molecular flexibility index (Phi) is 22.0.